The van der Waals surface area contributed by atoms with Gasteiger partial charge in [-0.3, -0.25) is 4.79 Å². The van der Waals surface area contributed by atoms with Crippen LogP contribution in [-0.4, -0.2) is 36.2 Å². The molecule has 7 nitrogen and oxygen atoms in total. The number of nitrogens with zero attached hydrogens (tertiary/aromatic N) is 3. The summed E-state index contributed by atoms with van der Waals surface area (Å²) in [4.78, 5) is 20.2. The Morgan fingerprint density at radius 2 is 2.21 bits per heavy atom. The largest absolute Gasteiger partial charge is 0.497 e. The van der Waals surface area contributed by atoms with Crippen LogP contribution in [-0.2, 0) is 11.3 Å². The van der Waals surface area contributed by atoms with Gasteiger partial charge < -0.3 is 19.5 Å². The Labute approximate surface area is 167 Å². The molecule has 146 valence electrons. The lowest BCUT2D eigenvalue weighted by Crippen LogP contribution is -2.43. The van der Waals surface area contributed by atoms with Crippen molar-refractivity contribution in [3.63, 3.8) is 0 Å². The smallest absolute Gasteiger partial charge is 0.324 e. The maximum absolute atomic E-state index is 12.5. The highest BCUT2D eigenvalue weighted by atomic mass is 32.1. The summed E-state index contributed by atoms with van der Waals surface area (Å²) < 4.78 is 10.6. The molecule has 0 saturated carbocycles. The standard InChI is InChI=1S/C20H22N4O3S/c1-26-16-8-6-14(7-9-16)18-22-20(27-23-18)24-10-2-4-15(13-24)19(25)21-12-17-5-3-11-28-17/h3,5-9,11,15H,2,4,10,12-13H2,1H3,(H,21,25). The number of amides is 1. The zero-order valence-electron chi connectivity index (χ0n) is 15.6. The molecule has 0 aliphatic carbocycles. The summed E-state index contributed by atoms with van der Waals surface area (Å²) in [5, 5.41) is 9.14. The monoisotopic (exact) mass is 398 g/mol. The van der Waals surface area contributed by atoms with E-state index in [0.717, 1.165) is 35.6 Å². The van der Waals surface area contributed by atoms with Gasteiger partial charge in [0.2, 0.25) is 11.7 Å². The van der Waals surface area contributed by atoms with E-state index < -0.39 is 0 Å². The maximum atomic E-state index is 12.5. The van der Waals surface area contributed by atoms with E-state index in [-0.39, 0.29) is 11.8 Å². The zero-order chi connectivity index (χ0) is 19.3. The molecular weight excluding hydrogens is 376 g/mol. The van der Waals surface area contributed by atoms with Gasteiger partial charge in [-0.15, -0.1) is 11.3 Å². The predicted molar refractivity (Wildman–Crippen MR) is 107 cm³/mol. The molecule has 0 spiro atoms. The molecule has 0 radical (unpaired) electrons. The van der Waals surface area contributed by atoms with Crippen molar-refractivity contribution in [2.45, 2.75) is 19.4 Å². The van der Waals surface area contributed by atoms with Crippen LogP contribution < -0.4 is 15.0 Å². The number of carbonyl (C=O) groups is 1. The fourth-order valence-corrected chi connectivity index (χ4v) is 3.94. The molecule has 3 heterocycles. The van der Waals surface area contributed by atoms with Crippen LogP contribution in [0.25, 0.3) is 11.4 Å². The Bertz CT molecular complexity index is 908. The lowest BCUT2D eigenvalue weighted by atomic mass is 9.97. The zero-order valence-corrected chi connectivity index (χ0v) is 16.4. The van der Waals surface area contributed by atoms with Crippen LogP contribution in [0, 0.1) is 5.92 Å². The quantitative estimate of drug-likeness (QED) is 0.686. The number of piperidine rings is 1. The average molecular weight is 398 g/mol. The van der Waals surface area contributed by atoms with Gasteiger partial charge in [0, 0.05) is 23.5 Å². The maximum Gasteiger partial charge on any atom is 0.324 e. The number of carbonyl (C=O) groups excluding carboxylic acids is 1. The minimum Gasteiger partial charge on any atom is -0.497 e. The second-order valence-electron chi connectivity index (χ2n) is 6.71. The van der Waals surface area contributed by atoms with E-state index in [1.54, 1.807) is 18.4 Å². The van der Waals surface area contributed by atoms with E-state index in [1.165, 1.54) is 0 Å². The molecule has 1 N–H and O–H groups in total. The highest BCUT2D eigenvalue weighted by Crippen LogP contribution is 2.26. The van der Waals surface area contributed by atoms with Gasteiger partial charge in [0.1, 0.15) is 5.75 Å². The van der Waals surface area contributed by atoms with Crippen molar-refractivity contribution in [2.24, 2.45) is 5.92 Å². The van der Waals surface area contributed by atoms with Gasteiger partial charge in [-0.25, -0.2) is 0 Å². The molecule has 8 heteroatoms. The molecule has 1 unspecified atom stereocenters. The molecule has 28 heavy (non-hydrogen) atoms. The van der Waals surface area contributed by atoms with Gasteiger partial charge in [-0.2, -0.15) is 4.98 Å². The first-order valence-electron chi connectivity index (χ1n) is 9.26. The third-order valence-corrected chi connectivity index (χ3v) is 5.72. The summed E-state index contributed by atoms with van der Waals surface area (Å²) in [6, 6.07) is 12.0. The number of ether oxygens (including phenoxy) is 1. The summed E-state index contributed by atoms with van der Waals surface area (Å²) in [5.74, 6) is 1.31. The van der Waals surface area contributed by atoms with E-state index in [9.17, 15) is 4.79 Å². The van der Waals surface area contributed by atoms with Crippen molar-refractivity contribution < 1.29 is 14.1 Å². The minimum absolute atomic E-state index is 0.0768. The third-order valence-electron chi connectivity index (χ3n) is 4.84. The summed E-state index contributed by atoms with van der Waals surface area (Å²) in [5.41, 5.74) is 0.859. The fourth-order valence-electron chi connectivity index (χ4n) is 3.30. The number of thiophene rings is 1. The summed E-state index contributed by atoms with van der Waals surface area (Å²) in [7, 11) is 1.63. The van der Waals surface area contributed by atoms with Gasteiger partial charge in [-0.1, -0.05) is 11.2 Å². The van der Waals surface area contributed by atoms with E-state index in [1.807, 2.05) is 46.7 Å². The molecule has 2 aromatic heterocycles. The van der Waals surface area contributed by atoms with Gasteiger partial charge >= 0.3 is 6.01 Å². The molecule has 1 aromatic carbocycles. The molecule has 1 atom stereocenters. The van der Waals surface area contributed by atoms with Crippen LogP contribution in [0.3, 0.4) is 0 Å². The van der Waals surface area contributed by atoms with Crippen LogP contribution in [0.4, 0.5) is 6.01 Å². The number of rotatable bonds is 6. The Balaban J connectivity index is 1.38. The number of hydrogen-bond acceptors (Lipinski definition) is 7. The van der Waals surface area contributed by atoms with Crippen molar-refractivity contribution in [1.82, 2.24) is 15.5 Å². The number of aromatic nitrogens is 2. The normalized spacial score (nSPS) is 16.8. The van der Waals surface area contributed by atoms with E-state index in [2.05, 4.69) is 15.5 Å². The number of hydrogen-bond donors (Lipinski definition) is 1. The van der Waals surface area contributed by atoms with Crippen molar-refractivity contribution in [3.8, 4) is 17.1 Å². The van der Waals surface area contributed by atoms with Crippen LogP contribution in [0.1, 0.15) is 17.7 Å². The third kappa shape index (κ3) is 4.17. The summed E-state index contributed by atoms with van der Waals surface area (Å²) >= 11 is 1.65. The van der Waals surface area contributed by atoms with Crippen molar-refractivity contribution >= 4 is 23.3 Å². The lowest BCUT2D eigenvalue weighted by molar-refractivity contribution is -0.125. The van der Waals surface area contributed by atoms with E-state index >= 15 is 0 Å². The SMILES string of the molecule is COc1ccc(-c2noc(N3CCCC(C(=O)NCc4cccs4)C3)n2)cc1. The predicted octanol–water partition coefficient (Wildman–Crippen LogP) is 3.34. The molecule has 1 aliphatic heterocycles. The van der Waals surface area contributed by atoms with Gasteiger partial charge in [0.15, 0.2) is 0 Å². The van der Waals surface area contributed by atoms with Crippen molar-refractivity contribution in [1.29, 1.82) is 0 Å². The number of anilines is 1. The topological polar surface area (TPSA) is 80.5 Å². The molecule has 1 aliphatic rings. The summed E-state index contributed by atoms with van der Waals surface area (Å²) in [6.07, 6.45) is 1.78. The molecular formula is C20H22N4O3S. The van der Waals surface area contributed by atoms with Crippen LogP contribution in [0.2, 0.25) is 0 Å². The second kappa shape index (κ2) is 8.43. The Kier molecular flexibility index (Phi) is 5.57. The Morgan fingerprint density at radius 1 is 1.36 bits per heavy atom. The van der Waals surface area contributed by atoms with E-state index in [4.69, 9.17) is 9.26 Å². The first kappa shape index (κ1) is 18.5. The second-order valence-corrected chi connectivity index (χ2v) is 7.74. The Hall–Kier alpha value is -2.87. The number of methoxy groups -OCH3 is 1. The fraction of sp³-hybridized carbons (Fsp3) is 0.350. The Morgan fingerprint density at radius 3 is 2.96 bits per heavy atom. The van der Waals surface area contributed by atoms with Gasteiger partial charge in [0.05, 0.1) is 19.6 Å². The van der Waals surface area contributed by atoms with Gasteiger partial charge in [0.25, 0.3) is 0 Å². The molecule has 3 aromatic rings. The molecule has 1 fully saturated rings. The minimum atomic E-state index is -0.0787. The van der Waals surface area contributed by atoms with Crippen LogP contribution in [0.5, 0.6) is 5.75 Å². The lowest BCUT2D eigenvalue weighted by Gasteiger charge is -2.30. The highest BCUT2D eigenvalue weighted by molar-refractivity contribution is 7.09. The average Bonchev–Trinajstić information content (AvgIpc) is 3.44. The summed E-state index contributed by atoms with van der Waals surface area (Å²) in [6.45, 7) is 1.97. The molecule has 1 amide bonds. The van der Waals surface area contributed by atoms with E-state index in [0.29, 0.717) is 24.9 Å². The number of benzene rings is 1. The molecule has 0 bridgehead atoms. The first-order valence-corrected chi connectivity index (χ1v) is 10.1. The number of nitrogens with one attached hydrogen (secondary N) is 1. The van der Waals surface area contributed by atoms with Crippen LogP contribution >= 0.6 is 11.3 Å². The van der Waals surface area contributed by atoms with Gasteiger partial charge in [-0.05, 0) is 48.6 Å². The van der Waals surface area contributed by atoms with Crippen LogP contribution in [0.15, 0.2) is 46.3 Å². The van der Waals surface area contributed by atoms with Crippen molar-refractivity contribution in [2.75, 3.05) is 25.1 Å². The highest BCUT2D eigenvalue weighted by Gasteiger charge is 2.28. The molecule has 1 saturated heterocycles. The molecule has 4 rings (SSSR count). The first-order chi connectivity index (χ1) is 13.7. The van der Waals surface area contributed by atoms with Crippen molar-refractivity contribution in [3.05, 3.63) is 46.7 Å².